The van der Waals surface area contributed by atoms with E-state index in [0.717, 1.165) is 0 Å². The summed E-state index contributed by atoms with van der Waals surface area (Å²) in [5.74, 6) is -0.168. The van der Waals surface area contributed by atoms with E-state index >= 15 is 0 Å². The predicted molar refractivity (Wildman–Crippen MR) is 80.1 cm³/mol. The van der Waals surface area contributed by atoms with E-state index in [1.807, 2.05) is 6.92 Å². The molecule has 1 aliphatic heterocycles. The van der Waals surface area contributed by atoms with Gasteiger partial charge in [0.05, 0.1) is 22.7 Å². The van der Waals surface area contributed by atoms with Crippen molar-refractivity contribution in [2.45, 2.75) is 13.3 Å². The lowest BCUT2D eigenvalue weighted by atomic mass is 10.1. The standard InChI is InChI=1S/C13H14BrClN2O3/c1-2-20-12-9(14)4-8(15)5-10(12)17-13(19)7-3-11(18)16-6-7/h4-5,7H,2-3,6H2,1H3,(H,16,18)(H,17,19). The van der Waals surface area contributed by atoms with Gasteiger partial charge in [-0.25, -0.2) is 0 Å². The summed E-state index contributed by atoms with van der Waals surface area (Å²) in [6.45, 7) is 2.68. The Morgan fingerprint density at radius 1 is 1.60 bits per heavy atom. The third-order valence-corrected chi connectivity index (χ3v) is 3.71. The number of benzene rings is 1. The van der Waals surface area contributed by atoms with Crippen molar-refractivity contribution in [1.29, 1.82) is 0 Å². The van der Waals surface area contributed by atoms with Gasteiger partial charge in [-0.3, -0.25) is 9.59 Å². The summed E-state index contributed by atoms with van der Waals surface area (Å²) < 4.78 is 6.17. The van der Waals surface area contributed by atoms with Crippen LogP contribution in [0.2, 0.25) is 5.02 Å². The second kappa shape index (κ2) is 6.45. The first-order chi connectivity index (χ1) is 9.51. The average Bonchev–Trinajstić information content (AvgIpc) is 2.80. The van der Waals surface area contributed by atoms with Crippen LogP contribution in [0.4, 0.5) is 5.69 Å². The zero-order chi connectivity index (χ0) is 14.7. The molecule has 108 valence electrons. The van der Waals surface area contributed by atoms with Crippen LogP contribution >= 0.6 is 27.5 Å². The number of amides is 2. The fourth-order valence-corrected chi connectivity index (χ4v) is 2.89. The second-order valence-electron chi connectivity index (χ2n) is 4.39. The molecule has 7 heteroatoms. The number of rotatable bonds is 4. The first kappa shape index (κ1) is 15.1. The second-order valence-corrected chi connectivity index (χ2v) is 5.68. The van der Waals surface area contributed by atoms with Gasteiger partial charge in [-0.05, 0) is 35.0 Å². The molecule has 0 aliphatic carbocycles. The van der Waals surface area contributed by atoms with Crippen LogP contribution in [0.25, 0.3) is 0 Å². The van der Waals surface area contributed by atoms with Crippen molar-refractivity contribution in [1.82, 2.24) is 5.32 Å². The van der Waals surface area contributed by atoms with Gasteiger partial charge in [0, 0.05) is 18.0 Å². The summed E-state index contributed by atoms with van der Waals surface area (Å²) in [6, 6.07) is 3.32. The Balaban J connectivity index is 2.19. The van der Waals surface area contributed by atoms with Gasteiger partial charge < -0.3 is 15.4 Å². The highest BCUT2D eigenvalue weighted by molar-refractivity contribution is 9.10. The van der Waals surface area contributed by atoms with E-state index in [-0.39, 0.29) is 24.2 Å². The van der Waals surface area contributed by atoms with Crippen LogP contribution in [0.5, 0.6) is 5.75 Å². The SMILES string of the molecule is CCOc1c(Br)cc(Cl)cc1NC(=O)C1CNC(=O)C1. The highest BCUT2D eigenvalue weighted by atomic mass is 79.9. The number of hydrogen-bond donors (Lipinski definition) is 2. The van der Waals surface area contributed by atoms with Crippen molar-refractivity contribution in [2.24, 2.45) is 5.92 Å². The van der Waals surface area contributed by atoms with Crippen molar-refractivity contribution >= 4 is 45.0 Å². The fraction of sp³-hybridized carbons (Fsp3) is 0.385. The van der Waals surface area contributed by atoms with Gasteiger partial charge in [-0.1, -0.05) is 11.6 Å². The number of carbonyl (C=O) groups excluding carboxylic acids is 2. The van der Waals surface area contributed by atoms with Crippen molar-refractivity contribution in [3.05, 3.63) is 21.6 Å². The van der Waals surface area contributed by atoms with Crippen molar-refractivity contribution < 1.29 is 14.3 Å². The predicted octanol–water partition coefficient (Wildman–Crippen LogP) is 2.58. The van der Waals surface area contributed by atoms with E-state index in [9.17, 15) is 9.59 Å². The number of anilines is 1. The minimum atomic E-state index is -0.366. The molecule has 0 radical (unpaired) electrons. The summed E-state index contributed by atoms with van der Waals surface area (Å²) >= 11 is 9.34. The van der Waals surface area contributed by atoms with Crippen molar-refractivity contribution in [3.8, 4) is 5.75 Å². The third kappa shape index (κ3) is 3.43. The molecular formula is C13H14BrClN2O3. The van der Waals surface area contributed by atoms with Crippen LogP contribution in [0.3, 0.4) is 0 Å². The summed E-state index contributed by atoms with van der Waals surface area (Å²) in [7, 11) is 0. The normalized spacial score (nSPS) is 17.8. The Labute approximate surface area is 130 Å². The summed E-state index contributed by atoms with van der Waals surface area (Å²) in [4.78, 5) is 23.3. The molecule has 0 bridgehead atoms. The molecule has 1 atom stereocenters. The van der Waals surface area contributed by atoms with Crippen molar-refractivity contribution in [2.75, 3.05) is 18.5 Å². The van der Waals surface area contributed by atoms with Crippen LogP contribution in [0, 0.1) is 5.92 Å². The Hall–Kier alpha value is -1.27. The molecule has 5 nitrogen and oxygen atoms in total. The summed E-state index contributed by atoms with van der Waals surface area (Å²) in [5.41, 5.74) is 0.496. The van der Waals surface area contributed by atoms with E-state index < -0.39 is 0 Å². The van der Waals surface area contributed by atoms with Gasteiger partial charge in [0.15, 0.2) is 5.75 Å². The molecule has 0 saturated carbocycles. The molecule has 20 heavy (non-hydrogen) atoms. The minimum Gasteiger partial charge on any atom is -0.491 e. The van der Waals surface area contributed by atoms with E-state index in [0.29, 0.717) is 34.1 Å². The molecule has 0 aromatic heterocycles. The van der Waals surface area contributed by atoms with Gasteiger partial charge in [-0.15, -0.1) is 0 Å². The van der Waals surface area contributed by atoms with E-state index in [1.54, 1.807) is 12.1 Å². The summed E-state index contributed by atoms with van der Waals surface area (Å²) in [6.07, 6.45) is 0.206. The zero-order valence-electron chi connectivity index (χ0n) is 10.8. The van der Waals surface area contributed by atoms with Crippen LogP contribution < -0.4 is 15.4 Å². The number of carbonyl (C=O) groups is 2. The summed E-state index contributed by atoms with van der Waals surface area (Å²) in [5, 5.41) is 5.88. The molecule has 2 rings (SSSR count). The number of halogens is 2. The number of ether oxygens (including phenoxy) is 1. The Bertz CT molecular complexity index is 551. The van der Waals surface area contributed by atoms with Crippen LogP contribution in [0.15, 0.2) is 16.6 Å². The van der Waals surface area contributed by atoms with Gasteiger partial charge in [0.25, 0.3) is 0 Å². The molecule has 1 fully saturated rings. The molecule has 1 saturated heterocycles. The van der Waals surface area contributed by atoms with E-state index in [2.05, 4.69) is 26.6 Å². The maximum atomic E-state index is 12.1. The number of nitrogens with one attached hydrogen (secondary N) is 2. The van der Waals surface area contributed by atoms with Gasteiger partial charge in [0.1, 0.15) is 0 Å². The number of hydrogen-bond acceptors (Lipinski definition) is 3. The average molecular weight is 362 g/mol. The van der Waals surface area contributed by atoms with E-state index in [4.69, 9.17) is 16.3 Å². The monoisotopic (exact) mass is 360 g/mol. The Morgan fingerprint density at radius 2 is 2.35 bits per heavy atom. The van der Waals surface area contributed by atoms with Crippen LogP contribution in [-0.4, -0.2) is 25.0 Å². The highest BCUT2D eigenvalue weighted by Gasteiger charge is 2.28. The maximum absolute atomic E-state index is 12.1. The lowest BCUT2D eigenvalue weighted by molar-refractivity contribution is -0.123. The molecule has 1 heterocycles. The lowest BCUT2D eigenvalue weighted by Crippen LogP contribution is -2.25. The minimum absolute atomic E-state index is 0.109. The molecule has 2 N–H and O–H groups in total. The molecule has 1 aromatic rings. The Kier molecular flexibility index (Phi) is 4.88. The zero-order valence-corrected chi connectivity index (χ0v) is 13.2. The van der Waals surface area contributed by atoms with Gasteiger partial charge in [0.2, 0.25) is 11.8 Å². The maximum Gasteiger partial charge on any atom is 0.229 e. The first-order valence-electron chi connectivity index (χ1n) is 6.20. The highest BCUT2D eigenvalue weighted by Crippen LogP contribution is 2.37. The van der Waals surface area contributed by atoms with Crippen LogP contribution in [-0.2, 0) is 9.59 Å². The fourth-order valence-electron chi connectivity index (χ4n) is 1.97. The van der Waals surface area contributed by atoms with Gasteiger partial charge >= 0.3 is 0 Å². The first-order valence-corrected chi connectivity index (χ1v) is 7.37. The Morgan fingerprint density at radius 3 is 2.95 bits per heavy atom. The molecule has 2 amide bonds. The van der Waals surface area contributed by atoms with Crippen LogP contribution in [0.1, 0.15) is 13.3 Å². The molecule has 1 aliphatic rings. The molecule has 1 unspecified atom stereocenters. The molecule has 1 aromatic carbocycles. The molecular weight excluding hydrogens is 348 g/mol. The topological polar surface area (TPSA) is 67.4 Å². The third-order valence-electron chi connectivity index (χ3n) is 2.90. The van der Waals surface area contributed by atoms with Gasteiger partial charge in [-0.2, -0.15) is 0 Å². The quantitative estimate of drug-likeness (QED) is 0.866. The van der Waals surface area contributed by atoms with E-state index in [1.165, 1.54) is 0 Å². The van der Waals surface area contributed by atoms with Crippen molar-refractivity contribution in [3.63, 3.8) is 0 Å². The lowest BCUT2D eigenvalue weighted by Gasteiger charge is -2.15. The molecule has 0 spiro atoms. The smallest absolute Gasteiger partial charge is 0.229 e. The largest absolute Gasteiger partial charge is 0.491 e.